The van der Waals surface area contributed by atoms with Gasteiger partial charge in [0.05, 0.1) is 22.9 Å². The number of furan rings is 1. The fourth-order valence-electron chi connectivity index (χ4n) is 2.02. The lowest BCUT2D eigenvalue weighted by atomic mass is 10.3. The minimum Gasteiger partial charge on any atom is -0.401 e. The van der Waals surface area contributed by atoms with Crippen LogP contribution in [0.3, 0.4) is 0 Å². The van der Waals surface area contributed by atoms with Gasteiger partial charge in [-0.15, -0.1) is 0 Å². The standard InChI is InChI=1S/C14H6F3N3O5S/c15-14(16,17)10-3-1-7(6-18-10)19-12(21)9(26-13(19)22)5-8-2-4-11(25-8)20(23)24/h1-6H/b9-5-. The highest BCUT2D eigenvalue weighted by Gasteiger charge is 2.38. The van der Waals surface area contributed by atoms with E-state index >= 15 is 0 Å². The summed E-state index contributed by atoms with van der Waals surface area (Å²) in [5, 5.41) is 9.83. The molecule has 0 saturated carbocycles. The van der Waals surface area contributed by atoms with E-state index in [4.69, 9.17) is 4.42 Å². The Morgan fingerprint density at radius 3 is 2.50 bits per heavy atom. The lowest BCUT2D eigenvalue weighted by molar-refractivity contribution is -0.402. The van der Waals surface area contributed by atoms with Crippen molar-refractivity contribution in [2.75, 3.05) is 4.90 Å². The molecule has 1 fully saturated rings. The summed E-state index contributed by atoms with van der Waals surface area (Å²) < 4.78 is 42.5. The molecular weight excluding hydrogens is 379 g/mol. The van der Waals surface area contributed by atoms with E-state index in [1.165, 1.54) is 6.07 Å². The van der Waals surface area contributed by atoms with Crippen LogP contribution < -0.4 is 4.90 Å². The van der Waals surface area contributed by atoms with Crippen molar-refractivity contribution < 1.29 is 32.1 Å². The van der Waals surface area contributed by atoms with Gasteiger partial charge in [0.1, 0.15) is 16.4 Å². The number of pyridine rings is 1. The molecule has 8 nitrogen and oxygen atoms in total. The smallest absolute Gasteiger partial charge is 0.401 e. The highest BCUT2D eigenvalue weighted by molar-refractivity contribution is 8.19. The van der Waals surface area contributed by atoms with Crippen LogP contribution in [-0.2, 0) is 11.0 Å². The first kappa shape index (κ1) is 17.7. The fraction of sp³-hybridized carbons (Fsp3) is 0.0714. The summed E-state index contributed by atoms with van der Waals surface area (Å²) in [6.07, 6.45) is -2.75. The van der Waals surface area contributed by atoms with Crippen molar-refractivity contribution in [3.05, 3.63) is 56.9 Å². The number of carbonyl (C=O) groups is 2. The Morgan fingerprint density at radius 2 is 1.96 bits per heavy atom. The molecule has 134 valence electrons. The van der Waals surface area contributed by atoms with Gasteiger partial charge in [0.2, 0.25) is 0 Å². The van der Waals surface area contributed by atoms with Crippen LogP contribution in [0.1, 0.15) is 11.5 Å². The van der Waals surface area contributed by atoms with Crippen molar-refractivity contribution in [2.24, 2.45) is 0 Å². The number of nitro groups is 1. The van der Waals surface area contributed by atoms with E-state index in [9.17, 15) is 32.9 Å². The second kappa shape index (κ2) is 6.29. The maximum atomic E-state index is 12.5. The molecule has 0 bridgehead atoms. The summed E-state index contributed by atoms with van der Waals surface area (Å²) in [5.41, 5.74) is -1.29. The van der Waals surface area contributed by atoms with E-state index in [0.717, 1.165) is 24.4 Å². The van der Waals surface area contributed by atoms with E-state index in [2.05, 4.69) is 4.98 Å². The number of anilines is 1. The van der Waals surface area contributed by atoms with Crippen LogP contribution in [0.2, 0.25) is 0 Å². The molecule has 3 rings (SSSR count). The number of nitrogens with zero attached hydrogens (tertiary/aromatic N) is 3. The molecule has 2 aromatic rings. The SMILES string of the molecule is O=C1S/C(=C\c2ccc([N+](=O)[O-])o2)C(=O)N1c1ccc(C(F)(F)F)nc1. The Bertz CT molecular complexity index is 936. The van der Waals surface area contributed by atoms with Crippen molar-refractivity contribution in [1.82, 2.24) is 4.98 Å². The minimum atomic E-state index is -4.65. The number of rotatable bonds is 3. The van der Waals surface area contributed by atoms with E-state index in [0.29, 0.717) is 22.7 Å². The number of amides is 2. The number of aromatic nitrogens is 1. The lowest BCUT2D eigenvalue weighted by Gasteiger charge is -2.13. The predicted molar refractivity (Wildman–Crippen MR) is 83.1 cm³/mol. The Labute approximate surface area is 146 Å². The van der Waals surface area contributed by atoms with Gasteiger partial charge in [0.25, 0.3) is 11.1 Å². The van der Waals surface area contributed by atoms with Gasteiger partial charge in [0, 0.05) is 6.08 Å². The first-order valence-electron chi connectivity index (χ1n) is 6.72. The molecule has 2 amide bonds. The third-order valence-corrected chi connectivity index (χ3v) is 4.03. The van der Waals surface area contributed by atoms with Crippen molar-refractivity contribution in [1.29, 1.82) is 0 Å². The number of alkyl halides is 3. The minimum absolute atomic E-state index is 0.0206. The van der Waals surface area contributed by atoms with E-state index in [-0.39, 0.29) is 16.4 Å². The van der Waals surface area contributed by atoms with Gasteiger partial charge < -0.3 is 4.42 Å². The van der Waals surface area contributed by atoms with Gasteiger partial charge in [0.15, 0.2) is 0 Å². The molecular formula is C14H6F3N3O5S. The fourth-order valence-corrected chi connectivity index (χ4v) is 2.84. The van der Waals surface area contributed by atoms with Crippen molar-refractivity contribution >= 4 is 40.6 Å². The van der Waals surface area contributed by atoms with E-state index in [1.54, 1.807) is 0 Å². The summed E-state index contributed by atoms with van der Waals surface area (Å²) in [6.45, 7) is 0. The summed E-state index contributed by atoms with van der Waals surface area (Å²) >= 11 is 0.518. The van der Waals surface area contributed by atoms with Crippen LogP contribution in [-0.4, -0.2) is 21.1 Å². The third-order valence-electron chi connectivity index (χ3n) is 3.16. The number of imide groups is 1. The number of halogens is 3. The molecule has 0 atom stereocenters. The van der Waals surface area contributed by atoms with Crippen LogP contribution in [0.5, 0.6) is 0 Å². The lowest BCUT2D eigenvalue weighted by Crippen LogP contribution is -2.28. The molecule has 0 aliphatic carbocycles. The number of hydrogen-bond donors (Lipinski definition) is 0. The van der Waals surface area contributed by atoms with Crippen LogP contribution in [0, 0.1) is 10.1 Å². The normalized spacial score (nSPS) is 16.6. The molecule has 3 heterocycles. The molecule has 0 unspecified atom stereocenters. The molecule has 0 radical (unpaired) electrons. The molecule has 1 aliphatic heterocycles. The predicted octanol–water partition coefficient (Wildman–Crippen LogP) is 3.84. The monoisotopic (exact) mass is 385 g/mol. The topological polar surface area (TPSA) is 107 Å². The van der Waals surface area contributed by atoms with Crippen molar-refractivity contribution in [3.8, 4) is 0 Å². The van der Waals surface area contributed by atoms with Gasteiger partial charge in [-0.25, -0.2) is 9.88 Å². The molecule has 1 aliphatic rings. The zero-order valence-electron chi connectivity index (χ0n) is 12.4. The maximum absolute atomic E-state index is 12.5. The molecule has 26 heavy (non-hydrogen) atoms. The number of carbonyl (C=O) groups excluding carboxylic acids is 2. The van der Waals surface area contributed by atoms with E-state index < -0.39 is 33.8 Å². The summed E-state index contributed by atoms with van der Waals surface area (Å²) in [4.78, 5) is 37.9. The molecule has 0 aromatic carbocycles. The average molecular weight is 385 g/mol. The quantitative estimate of drug-likeness (QED) is 0.449. The summed E-state index contributed by atoms with van der Waals surface area (Å²) in [5.74, 6) is -1.37. The summed E-state index contributed by atoms with van der Waals surface area (Å²) in [7, 11) is 0. The average Bonchev–Trinajstić information content (AvgIpc) is 3.12. The Balaban J connectivity index is 1.86. The number of thioether (sulfide) groups is 1. The van der Waals surface area contributed by atoms with Crippen LogP contribution >= 0.6 is 11.8 Å². The largest absolute Gasteiger partial charge is 0.433 e. The Hall–Kier alpha value is -3.15. The Kier molecular flexibility index (Phi) is 4.28. The second-order valence-electron chi connectivity index (χ2n) is 4.85. The zero-order chi connectivity index (χ0) is 19.1. The zero-order valence-corrected chi connectivity index (χ0v) is 13.2. The van der Waals surface area contributed by atoms with E-state index in [1.807, 2.05) is 0 Å². The van der Waals surface area contributed by atoms with Gasteiger partial charge in [-0.2, -0.15) is 13.2 Å². The van der Waals surface area contributed by atoms with Crippen LogP contribution in [0.4, 0.5) is 29.5 Å². The van der Waals surface area contributed by atoms with Gasteiger partial charge in [-0.05, 0) is 30.0 Å². The molecule has 0 spiro atoms. The molecule has 0 N–H and O–H groups in total. The number of hydrogen-bond acceptors (Lipinski definition) is 7. The summed E-state index contributed by atoms with van der Waals surface area (Å²) in [6, 6.07) is 3.92. The first-order chi connectivity index (χ1) is 12.2. The van der Waals surface area contributed by atoms with Gasteiger partial charge in [-0.1, -0.05) is 0 Å². The highest BCUT2D eigenvalue weighted by Crippen LogP contribution is 2.37. The Morgan fingerprint density at radius 1 is 1.23 bits per heavy atom. The molecule has 1 saturated heterocycles. The van der Waals surface area contributed by atoms with Crippen molar-refractivity contribution in [2.45, 2.75) is 6.18 Å². The first-order valence-corrected chi connectivity index (χ1v) is 7.54. The highest BCUT2D eigenvalue weighted by atomic mass is 32.2. The van der Waals surface area contributed by atoms with Crippen LogP contribution in [0.15, 0.2) is 39.8 Å². The van der Waals surface area contributed by atoms with Gasteiger partial charge in [-0.3, -0.25) is 19.7 Å². The van der Waals surface area contributed by atoms with Crippen molar-refractivity contribution in [3.63, 3.8) is 0 Å². The molecule has 2 aromatic heterocycles. The second-order valence-corrected chi connectivity index (χ2v) is 5.84. The van der Waals surface area contributed by atoms with Crippen LogP contribution in [0.25, 0.3) is 6.08 Å². The third kappa shape index (κ3) is 3.31. The molecule has 12 heteroatoms. The van der Waals surface area contributed by atoms with Gasteiger partial charge >= 0.3 is 12.1 Å². The maximum Gasteiger partial charge on any atom is 0.433 e.